The van der Waals surface area contributed by atoms with Gasteiger partial charge in [0.15, 0.2) is 5.78 Å². The summed E-state index contributed by atoms with van der Waals surface area (Å²) in [4.78, 5) is 24.2. The van der Waals surface area contributed by atoms with Crippen molar-refractivity contribution < 1.29 is 14.3 Å². The maximum Gasteiger partial charge on any atom is 0.223 e. The van der Waals surface area contributed by atoms with Crippen molar-refractivity contribution >= 4 is 22.5 Å². The summed E-state index contributed by atoms with van der Waals surface area (Å²) >= 11 is 0. The monoisotopic (exact) mass is 353 g/mol. The van der Waals surface area contributed by atoms with Crippen molar-refractivity contribution in [3.05, 3.63) is 41.5 Å². The van der Waals surface area contributed by atoms with Crippen LogP contribution in [0.15, 0.2) is 30.3 Å². The van der Waals surface area contributed by atoms with E-state index in [1.165, 1.54) is 6.42 Å². The van der Waals surface area contributed by atoms with Crippen molar-refractivity contribution in [1.29, 1.82) is 0 Å². The number of hydrogen-bond donors (Lipinski definition) is 1. The molecule has 0 radical (unpaired) electrons. The normalized spacial score (nSPS) is 15.0. The van der Waals surface area contributed by atoms with Gasteiger partial charge in [-0.3, -0.25) is 9.59 Å². The predicted octanol–water partition coefficient (Wildman–Crippen LogP) is 4.29. The van der Waals surface area contributed by atoms with Gasteiger partial charge in [-0.25, -0.2) is 0 Å². The average Bonchev–Trinajstić information content (AvgIpc) is 2.67. The molecule has 1 aliphatic carbocycles. The number of ketones is 1. The van der Waals surface area contributed by atoms with Crippen molar-refractivity contribution in [1.82, 2.24) is 5.32 Å². The summed E-state index contributed by atoms with van der Waals surface area (Å²) in [6.45, 7) is 2.17. The molecule has 2 aromatic rings. The number of fused-ring (bicyclic) bond motifs is 1. The van der Waals surface area contributed by atoms with Gasteiger partial charge in [-0.1, -0.05) is 25.3 Å². The predicted molar refractivity (Wildman–Crippen MR) is 104 cm³/mol. The van der Waals surface area contributed by atoms with Gasteiger partial charge >= 0.3 is 0 Å². The van der Waals surface area contributed by atoms with Gasteiger partial charge in [0.2, 0.25) is 5.91 Å². The molecule has 4 nitrogen and oxygen atoms in total. The molecule has 0 bridgehead atoms. The highest BCUT2D eigenvalue weighted by Crippen LogP contribution is 2.27. The number of carbonyl (C=O) groups is 2. The molecule has 138 valence electrons. The summed E-state index contributed by atoms with van der Waals surface area (Å²) in [6, 6.07) is 9.74. The number of nitrogens with one attached hydrogen (secondary N) is 1. The highest BCUT2D eigenvalue weighted by atomic mass is 16.5. The lowest BCUT2D eigenvalue weighted by molar-refractivity contribution is -0.125. The Labute approximate surface area is 154 Å². The summed E-state index contributed by atoms with van der Waals surface area (Å²) < 4.78 is 5.34. The summed E-state index contributed by atoms with van der Waals surface area (Å²) in [5.74, 6) is 1.19. The van der Waals surface area contributed by atoms with Crippen LogP contribution in [0.2, 0.25) is 0 Å². The second kappa shape index (κ2) is 8.35. The molecule has 1 N–H and O–H groups in total. The number of amides is 1. The van der Waals surface area contributed by atoms with E-state index in [1.54, 1.807) is 14.0 Å². The van der Waals surface area contributed by atoms with Crippen LogP contribution in [-0.4, -0.2) is 25.3 Å². The van der Waals surface area contributed by atoms with Gasteiger partial charge in [0.1, 0.15) is 5.75 Å². The molecule has 0 atom stereocenters. The molecule has 1 amide bonds. The number of Topliss-reactive ketones (excluding diaryl/α,β-unsaturated/α-hetero) is 1. The van der Waals surface area contributed by atoms with Crippen molar-refractivity contribution in [2.45, 2.75) is 45.4 Å². The van der Waals surface area contributed by atoms with E-state index in [0.717, 1.165) is 47.8 Å². The molecule has 2 aromatic carbocycles. The Morgan fingerprint density at radius 3 is 2.58 bits per heavy atom. The highest BCUT2D eigenvalue weighted by Gasteiger charge is 2.20. The molecule has 26 heavy (non-hydrogen) atoms. The minimum absolute atomic E-state index is 0.0511. The van der Waals surface area contributed by atoms with E-state index >= 15 is 0 Å². The average molecular weight is 353 g/mol. The van der Waals surface area contributed by atoms with Gasteiger partial charge in [-0.05, 0) is 66.8 Å². The van der Waals surface area contributed by atoms with Crippen LogP contribution in [0.1, 0.15) is 54.9 Å². The van der Waals surface area contributed by atoms with Gasteiger partial charge in [-0.2, -0.15) is 0 Å². The van der Waals surface area contributed by atoms with Crippen LogP contribution in [0.3, 0.4) is 0 Å². The van der Waals surface area contributed by atoms with Crippen molar-refractivity contribution in [2.75, 3.05) is 13.7 Å². The molecule has 4 heteroatoms. The van der Waals surface area contributed by atoms with E-state index in [2.05, 4.69) is 5.32 Å². The molecule has 0 aromatic heterocycles. The first-order valence-corrected chi connectivity index (χ1v) is 9.48. The standard InChI is InChI=1S/C22H27NO3/c1-15(24)19-12-17-8-9-20(26-2)14-21(17)18(13-19)10-11-23-22(25)16-6-4-3-5-7-16/h8-9,12-14,16H,3-7,10-11H2,1-2H3,(H,23,25). The zero-order valence-corrected chi connectivity index (χ0v) is 15.6. The molecule has 0 spiro atoms. The lowest BCUT2D eigenvalue weighted by Gasteiger charge is -2.20. The van der Waals surface area contributed by atoms with Crippen LogP contribution >= 0.6 is 0 Å². The van der Waals surface area contributed by atoms with Crippen LogP contribution in [0.25, 0.3) is 10.8 Å². The summed E-state index contributed by atoms with van der Waals surface area (Å²) in [5.41, 5.74) is 1.77. The van der Waals surface area contributed by atoms with Crippen LogP contribution in [0.4, 0.5) is 0 Å². The molecule has 3 rings (SSSR count). The number of rotatable bonds is 6. The number of carbonyl (C=O) groups excluding carboxylic acids is 2. The first-order chi connectivity index (χ1) is 12.6. The maximum atomic E-state index is 12.3. The van der Waals surface area contributed by atoms with Crippen molar-refractivity contribution in [3.63, 3.8) is 0 Å². The number of ether oxygens (including phenoxy) is 1. The number of hydrogen-bond acceptors (Lipinski definition) is 3. The Bertz CT molecular complexity index is 806. The molecular formula is C22H27NO3. The van der Waals surface area contributed by atoms with Crippen LogP contribution < -0.4 is 10.1 Å². The van der Waals surface area contributed by atoms with Gasteiger partial charge in [0, 0.05) is 18.0 Å². The van der Waals surface area contributed by atoms with E-state index in [4.69, 9.17) is 4.74 Å². The van der Waals surface area contributed by atoms with E-state index < -0.39 is 0 Å². The summed E-state index contributed by atoms with van der Waals surface area (Å²) in [6.07, 6.45) is 6.27. The fourth-order valence-corrected chi connectivity index (χ4v) is 3.78. The number of benzene rings is 2. The Kier molecular flexibility index (Phi) is 5.92. The Morgan fingerprint density at radius 2 is 1.88 bits per heavy atom. The molecule has 0 unspecified atom stereocenters. The van der Waals surface area contributed by atoms with Crippen molar-refractivity contribution in [3.8, 4) is 5.75 Å². The third-order valence-electron chi connectivity index (χ3n) is 5.32. The van der Waals surface area contributed by atoms with E-state index in [0.29, 0.717) is 18.5 Å². The summed E-state index contributed by atoms with van der Waals surface area (Å²) in [5, 5.41) is 5.18. The van der Waals surface area contributed by atoms with E-state index in [-0.39, 0.29) is 17.6 Å². The molecular weight excluding hydrogens is 326 g/mol. The lowest BCUT2D eigenvalue weighted by atomic mass is 9.88. The van der Waals surface area contributed by atoms with Gasteiger partial charge < -0.3 is 10.1 Å². The second-order valence-corrected chi connectivity index (χ2v) is 7.15. The van der Waals surface area contributed by atoms with E-state index in [1.807, 2.05) is 30.3 Å². The Morgan fingerprint density at radius 1 is 1.12 bits per heavy atom. The van der Waals surface area contributed by atoms with E-state index in [9.17, 15) is 9.59 Å². The minimum Gasteiger partial charge on any atom is -0.497 e. The lowest BCUT2D eigenvalue weighted by Crippen LogP contribution is -2.33. The number of methoxy groups -OCH3 is 1. The smallest absolute Gasteiger partial charge is 0.223 e. The zero-order valence-electron chi connectivity index (χ0n) is 15.6. The van der Waals surface area contributed by atoms with Gasteiger partial charge in [0.05, 0.1) is 7.11 Å². The fourth-order valence-electron chi connectivity index (χ4n) is 3.78. The molecule has 0 aliphatic heterocycles. The van der Waals surface area contributed by atoms with Crippen LogP contribution in [0.5, 0.6) is 5.75 Å². The molecule has 1 aliphatic rings. The maximum absolute atomic E-state index is 12.3. The third-order valence-corrected chi connectivity index (χ3v) is 5.32. The topological polar surface area (TPSA) is 55.4 Å². The summed E-state index contributed by atoms with van der Waals surface area (Å²) in [7, 11) is 1.65. The second-order valence-electron chi connectivity index (χ2n) is 7.15. The highest BCUT2D eigenvalue weighted by molar-refractivity contribution is 6.00. The first-order valence-electron chi connectivity index (χ1n) is 9.48. The molecule has 1 saturated carbocycles. The minimum atomic E-state index is 0.0511. The Balaban J connectivity index is 1.76. The SMILES string of the molecule is COc1ccc2cc(C(C)=O)cc(CCNC(=O)C3CCCCC3)c2c1. The zero-order chi connectivity index (χ0) is 18.5. The molecule has 0 heterocycles. The van der Waals surface area contributed by atoms with Crippen LogP contribution in [-0.2, 0) is 11.2 Å². The fraction of sp³-hybridized carbons (Fsp3) is 0.455. The van der Waals surface area contributed by atoms with Crippen molar-refractivity contribution in [2.24, 2.45) is 5.92 Å². The molecule has 1 fully saturated rings. The van der Waals surface area contributed by atoms with Gasteiger partial charge in [-0.15, -0.1) is 0 Å². The largest absolute Gasteiger partial charge is 0.497 e. The molecule has 0 saturated heterocycles. The quantitative estimate of drug-likeness (QED) is 0.788. The Hall–Kier alpha value is -2.36. The first kappa shape index (κ1) is 18.4. The van der Waals surface area contributed by atoms with Crippen LogP contribution in [0, 0.1) is 5.92 Å². The third kappa shape index (κ3) is 4.24. The van der Waals surface area contributed by atoms with Gasteiger partial charge in [0.25, 0.3) is 0 Å².